The van der Waals surface area contributed by atoms with Crippen LogP contribution in [0.5, 0.6) is 5.75 Å². The van der Waals surface area contributed by atoms with E-state index in [1.165, 1.54) is 0 Å². The molecule has 0 aromatic heterocycles. The molecule has 0 heterocycles. The topological polar surface area (TPSA) is 86.0 Å². The Kier molecular flexibility index (Phi) is 5.84. The number of ether oxygens (including phenoxy) is 1. The van der Waals surface area contributed by atoms with E-state index in [1.807, 2.05) is 24.3 Å². The van der Waals surface area contributed by atoms with Crippen molar-refractivity contribution in [1.82, 2.24) is 0 Å². The number of rotatable bonds is 5. The molecule has 0 saturated carbocycles. The largest absolute Gasteiger partial charge is 0.488 e. The summed E-state index contributed by atoms with van der Waals surface area (Å²) in [5.74, 6) is 0.520. The zero-order valence-electron chi connectivity index (χ0n) is 12.5. The first kappa shape index (κ1) is 17.1. The lowest BCUT2D eigenvalue weighted by Gasteiger charge is -2.11. The number of hydrogen-bond donors (Lipinski definition) is 2. The van der Waals surface area contributed by atoms with Gasteiger partial charge in [0.05, 0.1) is 5.71 Å². The van der Waals surface area contributed by atoms with Crippen LogP contribution in [-0.2, 0) is 6.61 Å². The Morgan fingerprint density at radius 3 is 2.30 bits per heavy atom. The van der Waals surface area contributed by atoms with Gasteiger partial charge in [0.2, 0.25) is 5.96 Å². The standard InChI is InChI=1S/C16H16Cl2N4O/c1-10(21-22-16(19)20)14-8-13(18)6-7-15(14)23-9-11-2-4-12(17)5-3-11/h2-8H,9H2,1H3,(H4,19,20,22)/b21-10+. The van der Waals surface area contributed by atoms with Gasteiger partial charge in [-0.1, -0.05) is 35.3 Å². The molecule has 7 heteroatoms. The van der Waals surface area contributed by atoms with Crippen LogP contribution < -0.4 is 16.2 Å². The first-order valence-electron chi connectivity index (χ1n) is 6.76. The minimum atomic E-state index is -0.116. The minimum Gasteiger partial charge on any atom is -0.488 e. The number of hydrogen-bond acceptors (Lipinski definition) is 3. The zero-order valence-corrected chi connectivity index (χ0v) is 14.0. The lowest BCUT2D eigenvalue weighted by molar-refractivity contribution is 0.305. The van der Waals surface area contributed by atoms with Gasteiger partial charge < -0.3 is 16.2 Å². The Morgan fingerprint density at radius 1 is 1.00 bits per heavy atom. The molecule has 0 aliphatic rings. The van der Waals surface area contributed by atoms with Gasteiger partial charge in [0.1, 0.15) is 12.4 Å². The molecule has 120 valence electrons. The number of nitrogens with two attached hydrogens (primary N) is 2. The van der Waals surface area contributed by atoms with Crippen molar-refractivity contribution in [2.45, 2.75) is 13.5 Å². The van der Waals surface area contributed by atoms with Crippen molar-refractivity contribution in [2.75, 3.05) is 0 Å². The van der Waals surface area contributed by atoms with E-state index in [4.69, 9.17) is 39.4 Å². The Balaban J connectivity index is 2.23. The van der Waals surface area contributed by atoms with Gasteiger partial charge in [-0.05, 0) is 42.8 Å². The lowest BCUT2D eigenvalue weighted by Crippen LogP contribution is -2.22. The first-order chi connectivity index (χ1) is 11.0. The number of nitrogens with zero attached hydrogens (tertiary/aromatic N) is 2. The van der Waals surface area contributed by atoms with Crippen LogP contribution in [0.2, 0.25) is 10.0 Å². The summed E-state index contributed by atoms with van der Waals surface area (Å²) in [6.45, 7) is 2.16. The van der Waals surface area contributed by atoms with Crippen LogP contribution in [0.1, 0.15) is 18.1 Å². The maximum atomic E-state index is 6.05. The summed E-state index contributed by atoms with van der Waals surface area (Å²) < 4.78 is 5.85. The number of benzene rings is 2. The molecule has 5 nitrogen and oxygen atoms in total. The molecular formula is C16H16Cl2N4O. The molecule has 0 atom stereocenters. The smallest absolute Gasteiger partial charge is 0.211 e. The Hall–Kier alpha value is -2.24. The molecule has 0 aliphatic heterocycles. The van der Waals surface area contributed by atoms with Crippen LogP contribution in [0.15, 0.2) is 52.7 Å². The molecule has 2 aromatic rings. The van der Waals surface area contributed by atoms with Crippen LogP contribution in [-0.4, -0.2) is 11.7 Å². The number of guanidine groups is 1. The second-order valence-corrected chi connectivity index (χ2v) is 5.64. The minimum absolute atomic E-state index is 0.116. The Labute approximate surface area is 144 Å². The van der Waals surface area contributed by atoms with Crippen LogP contribution in [0.25, 0.3) is 0 Å². The molecule has 0 amide bonds. The summed E-state index contributed by atoms with van der Waals surface area (Å²) in [5.41, 5.74) is 12.9. The predicted octanol–water partition coefficient (Wildman–Crippen LogP) is 3.57. The van der Waals surface area contributed by atoms with Crippen molar-refractivity contribution >= 4 is 34.9 Å². The van der Waals surface area contributed by atoms with E-state index < -0.39 is 0 Å². The molecule has 4 N–H and O–H groups in total. The zero-order chi connectivity index (χ0) is 16.8. The fourth-order valence-electron chi connectivity index (χ4n) is 1.84. The van der Waals surface area contributed by atoms with Gasteiger partial charge in [0.25, 0.3) is 0 Å². The Morgan fingerprint density at radius 2 is 1.65 bits per heavy atom. The second-order valence-electron chi connectivity index (χ2n) is 4.77. The molecule has 23 heavy (non-hydrogen) atoms. The third-order valence-corrected chi connectivity index (χ3v) is 3.44. The molecule has 2 rings (SSSR count). The van der Waals surface area contributed by atoms with E-state index in [2.05, 4.69) is 10.2 Å². The van der Waals surface area contributed by atoms with E-state index in [0.29, 0.717) is 28.1 Å². The molecule has 0 bridgehead atoms. The van der Waals surface area contributed by atoms with Crippen molar-refractivity contribution in [1.29, 1.82) is 0 Å². The summed E-state index contributed by atoms with van der Waals surface area (Å²) >= 11 is 11.9. The van der Waals surface area contributed by atoms with Crippen LogP contribution >= 0.6 is 23.2 Å². The van der Waals surface area contributed by atoms with Gasteiger partial charge in [-0.25, -0.2) is 0 Å². The van der Waals surface area contributed by atoms with Crippen molar-refractivity contribution in [3.8, 4) is 5.75 Å². The second kappa shape index (κ2) is 7.85. The molecular weight excluding hydrogens is 335 g/mol. The van der Waals surface area contributed by atoms with Crippen molar-refractivity contribution in [2.24, 2.45) is 21.7 Å². The van der Waals surface area contributed by atoms with Gasteiger partial charge >= 0.3 is 0 Å². The van der Waals surface area contributed by atoms with Crippen molar-refractivity contribution < 1.29 is 4.74 Å². The van der Waals surface area contributed by atoms with Crippen LogP contribution in [0.4, 0.5) is 0 Å². The van der Waals surface area contributed by atoms with E-state index in [0.717, 1.165) is 11.1 Å². The average molecular weight is 351 g/mol. The monoisotopic (exact) mass is 350 g/mol. The maximum absolute atomic E-state index is 6.05. The summed E-state index contributed by atoms with van der Waals surface area (Å²) in [5, 5.41) is 8.86. The highest BCUT2D eigenvalue weighted by molar-refractivity contribution is 6.31. The van der Waals surface area contributed by atoms with Gasteiger partial charge in [0.15, 0.2) is 0 Å². The van der Waals surface area contributed by atoms with Gasteiger partial charge in [-0.15, -0.1) is 5.10 Å². The number of halogens is 2. The van der Waals surface area contributed by atoms with E-state index >= 15 is 0 Å². The van der Waals surface area contributed by atoms with Gasteiger partial charge in [0, 0.05) is 15.6 Å². The van der Waals surface area contributed by atoms with E-state index in [9.17, 15) is 0 Å². The molecule has 0 fully saturated rings. The lowest BCUT2D eigenvalue weighted by atomic mass is 10.1. The summed E-state index contributed by atoms with van der Waals surface area (Å²) in [4.78, 5) is 0. The molecule has 0 radical (unpaired) electrons. The highest BCUT2D eigenvalue weighted by Gasteiger charge is 2.09. The molecule has 2 aromatic carbocycles. The van der Waals surface area contributed by atoms with Gasteiger partial charge in [-0.3, -0.25) is 0 Å². The highest BCUT2D eigenvalue weighted by Crippen LogP contribution is 2.25. The molecule has 0 spiro atoms. The quantitative estimate of drug-likeness (QED) is 0.491. The SMILES string of the molecule is C/C(=N\N=C(N)N)c1cc(Cl)ccc1OCc1ccc(Cl)cc1. The van der Waals surface area contributed by atoms with Crippen molar-refractivity contribution in [3.05, 3.63) is 63.6 Å². The third-order valence-electron chi connectivity index (χ3n) is 2.95. The molecule has 0 aliphatic carbocycles. The predicted molar refractivity (Wildman–Crippen MR) is 95.3 cm³/mol. The van der Waals surface area contributed by atoms with E-state index in [1.54, 1.807) is 25.1 Å². The van der Waals surface area contributed by atoms with Crippen molar-refractivity contribution in [3.63, 3.8) is 0 Å². The van der Waals surface area contributed by atoms with E-state index in [-0.39, 0.29) is 5.96 Å². The van der Waals surface area contributed by atoms with Crippen LogP contribution in [0.3, 0.4) is 0 Å². The third kappa shape index (κ3) is 5.16. The average Bonchev–Trinajstić information content (AvgIpc) is 2.53. The summed E-state index contributed by atoms with van der Waals surface area (Å²) in [6, 6.07) is 12.7. The summed E-state index contributed by atoms with van der Waals surface area (Å²) in [6.07, 6.45) is 0. The van der Waals surface area contributed by atoms with Gasteiger partial charge in [-0.2, -0.15) is 5.10 Å². The molecule has 0 saturated heterocycles. The normalized spacial score (nSPS) is 11.2. The maximum Gasteiger partial charge on any atom is 0.211 e. The Bertz CT molecular complexity index is 738. The fraction of sp³-hybridized carbons (Fsp3) is 0.125. The molecule has 0 unspecified atom stereocenters. The fourth-order valence-corrected chi connectivity index (χ4v) is 2.14. The summed E-state index contributed by atoms with van der Waals surface area (Å²) in [7, 11) is 0. The highest BCUT2D eigenvalue weighted by atomic mass is 35.5. The first-order valence-corrected chi connectivity index (χ1v) is 7.51. The van der Waals surface area contributed by atoms with Crippen LogP contribution in [0, 0.1) is 0 Å².